The molecule has 0 fully saturated rings. The summed E-state index contributed by atoms with van der Waals surface area (Å²) in [4.78, 5) is 28.2. The van der Waals surface area contributed by atoms with Gasteiger partial charge in [0.25, 0.3) is 5.91 Å². The molecule has 0 bridgehead atoms. The van der Waals surface area contributed by atoms with Crippen molar-refractivity contribution in [1.82, 2.24) is 14.8 Å². The molecule has 1 N–H and O–H groups in total. The van der Waals surface area contributed by atoms with Gasteiger partial charge >= 0.3 is 5.97 Å². The van der Waals surface area contributed by atoms with Gasteiger partial charge in [-0.25, -0.2) is 14.5 Å². The number of carbonyl (C=O) groups is 2. The molecule has 0 aliphatic rings. The zero-order valence-electron chi connectivity index (χ0n) is 13.4. The second-order valence-corrected chi connectivity index (χ2v) is 5.93. The number of benzene rings is 2. The molecule has 0 saturated carbocycles. The van der Waals surface area contributed by atoms with Crippen molar-refractivity contribution in [3.05, 3.63) is 70.2 Å². The highest BCUT2D eigenvalue weighted by atomic mass is 35.5. The van der Waals surface area contributed by atoms with E-state index in [1.54, 1.807) is 24.3 Å². The monoisotopic (exact) mass is 390 g/mol. The predicted octanol–water partition coefficient (Wildman–Crippen LogP) is 3.61. The van der Waals surface area contributed by atoms with Crippen molar-refractivity contribution in [2.75, 3.05) is 12.4 Å². The Morgan fingerprint density at radius 3 is 2.62 bits per heavy atom. The first-order valence-corrected chi connectivity index (χ1v) is 8.09. The molecule has 7 nitrogen and oxygen atoms in total. The van der Waals surface area contributed by atoms with Gasteiger partial charge in [0, 0.05) is 5.69 Å². The number of halogens is 2. The Balaban J connectivity index is 1.92. The lowest BCUT2D eigenvalue weighted by atomic mass is 10.1. The van der Waals surface area contributed by atoms with Crippen LogP contribution < -0.4 is 5.32 Å². The minimum atomic E-state index is -0.563. The first-order valence-electron chi connectivity index (χ1n) is 7.34. The SMILES string of the molecule is COC(=O)c1ccc(NC(=O)c2c(Cl)cccc2-n2cncn2)cc1Cl. The maximum absolute atomic E-state index is 12.7. The molecule has 0 aliphatic carbocycles. The highest BCUT2D eigenvalue weighted by Crippen LogP contribution is 2.26. The van der Waals surface area contributed by atoms with Gasteiger partial charge in [0.05, 0.1) is 34.0 Å². The Bertz CT molecular complexity index is 974. The topological polar surface area (TPSA) is 86.1 Å². The number of nitrogens with zero attached hydrogens (tertiary/aromatic N) is 3. The van der Waals surface area contributed by atoms with E-state index in [0.29, 0.717) is 11.4 Å². The standard InChI is InChI=1S/C17H12Cl2N4O3/c1-26-17(25)11-6-5-10(7-13(11)19)22-16(24)15-12(18)3-2-4-14(15)23-9-20-8-21-23/h2-9H,1H3,(H,22,24). The molecule has 2 aromatic carbocycles. The van der Waals surface area contributed by atoms with E-state index >= 15 is 0 Å². The molecular weight excluding hydrogens is 379 g/mol. The molecule has 0 unspecified atom stereocenters. The number of amides is 1. The number of anilines is 1. The number of aromatic nitrogens is 3. The smallest absolute Gasteiger partial charge is 0.339 e. The largest absolute Gasteiger partial charge is 0.465 e. The Morgan fingerprint density at radius 1 is 1.15 bits per heavy atom. The highest BCUT2D eigenvalue weighted by molar-refractivity contribution is 6.35. The molecule has 3 aromatic rings. The summed E-state index contributed by atoms with van der Waals surface area (Å²) >= 11 is 12.3. The lowest BCUT2D eigenvalue weighted by Gasteiger charge is -2.12. The van der Waals surface area contributed by atoms with Gasteiger partial charge in [-0.1, -0.05) is 29.3 Å². The van der Waals surface area contributed by atoms with Gasteiger partial charge in [0.15, 0.2) is 0 Å². The Labute approximate surface area is 158 Å². The van der Waals surface area contributed by atoms with Crippen molar-refractivity contribution in [3.63, 3.8) is 0 Å². The summed E-state index contributed by atoms with van der Waals surface area (Å²) in [5, 5.41) is 7.15. The van der Waals surface area contributed by atoms with Crippen LogP contribution >= 0.6 is 23.2 Å². The third-order valence-electron chi connectivity index (χ3n) is 3.52. The van der Waals surface area contributed by atoms with E-state index in [9.17, 15) is 9.59 Å². The number of hydrogen-bond donors (Lipinski definition) is 1. The van der Waals surface area contributed by atoms with Crippen molar-refractivity contribution in [2.24, 2.45) is 0 Å². The normalized spacial score (nSPS) is 10.4. The number of ether oxygens (including phenoxy) is 1. The summed E-state index contributed by atoms with van der Waals surface area (Å²) in [5.74, 6) is -1.02. The summed E-state index contributed by atoms with van der Waals surface area (Å²) in [6.45, 7) is 0. The molecule has 0 aliphatic heterocycles. The summed E-state index contributed by atoms with van der Waals surface area (Å²) in [7, 11) is 1.26. The summed E-state index contributed by atoms with van der Waals surface area (Å²) < 4.78 is 6.08. The van der Waals surface area contributed by atoms with Crippen LogP contribution in [0.3, 0.4) is 0 Å². The molecule has 3 rings (SSSR count). The zero-order valence-corrected chi connectivity index (χ0v) is 15.0. The summed E-state index contributed by atoms with van der Waals surface area (Å²) in [5.41, 5.74) is 1.31. The second-order valence-electron chi connectivity index (χ2n) is 5.11. The fourth-order valence-electron chi connectivity index (χ4n) is 2.32. The number of hydrogen-bond acceptors (Lipinski definition) is 5. The highest BCUT2D eigenvalue weighted by Gasteiger charge is 2.18. The molecule has 1 aromatic heterocycles. The third-order valence-corrected chi connectivity index (χ3v) is 4.14. The van der Waals surface area contributed by atoms with Crippen LogP contribution in [-0.2, 0) is 4.74 Å². The minimum Gasteiger partial charge on any atom is -0.465 e. The number of carbonyl (C=O) groups excluding carboxylic acids is 2. The van der Waals surface area contributed by atoms with Gasteiger partial charge in [-0.15, -0.1) is 0 Å². The second kappa shape index (κ2) is 7.55. The maximum Gasteiger partial charge on any atom is 0.339 e. The Morgan fingerprint density at radius 2 is 1.96 bits per heavy atom. The third kappa shape index (κ3) is 3.54. The lowest BCUT2D eigenvalue weighted by molar-refractivity contribution is 0.0601. The van der Waals surface area contributed by atoms with E-state index in [1.807, 2.05) is 0 Å². The molecule has 26 heavy (non-hydrogen) atoms. The van der Waals surface area contributed by atoms with E-state index in [-0.39, 0.29) is 21.2 Å². The van der Waals surface area contributed by atoms with Crippen LogP contribution in [-0.4, -0.2) is 33.8 Å². The van der Waals surface area contributed by atoms with Crippen LogP contribution in [0.25, 0.3) is 5.69 Å². The van der Waals surface area contributed by atoms with E-state index in [1.165, 1.54) is 36.6 Å². The van der Waals surface area contributed by atoms with Gasteiger partial charge in [-0.05, 0) is 30.3 Å². The number of nitrogens with one attached hydrogen (secondary N) is 1. The molecule has 0 radical (unpaired) electrons. The van der Waals surface area contributed by atoms with E-state index in [2.05, 4.69) is 20.1 Å². The molecule has 1 amide bonds. The quantitative estimate of drug-likeness (QED) is 0.687. The number of methoxy groups -OCH3 is 1. The fourth-order valence-corrected chi connectivity index (χ4v) is 2.84. The van der Waals surface area contributed by atoms with E-state index < -0.39 is 11.9 Å². The summed E-state index contributed by atoms with van der Waals surface area (Å²) in [6, 6.07) is 9.47. The van der Waals surface area contributed by atoms with Crippen molar-refractivity contribution in [3.8, 4) is 5.69 Å². The molecular formula is C17H12Cl2N4O3. The van der Waals surface area contributed by atoms with Crippen LogP contribution in [0.1, 0.15) is 20.7 Å². The number of esters is 1. The Hall–Kier alpha value is -2.90. The van der Waals surface area contributed by atoms with Gasteiger partial charge in [0.2, 0.25) is 0 Å². The molecule has 1 heterocycles. The van der Waals surface area contributed by atoms with Crippen molar-refractivity contribution in [2.45, 2.75) is 0 Å². The fraction of sp³-hybridized carbons (Fsp3) is 0.0588. The number of rotatable bonds is 4. The first-order chi connectivity index (χ1) is 12.5. The molecule has 0 saturated heterocycles. The van der Waals surface area contributed by atoms with Crippen LogP contribution in [0, 0.1) is 0 Å². The van der Waals surface area contributed by atoms with Gasteiger partial charge in [-0.3, -0.25) is 4.79 Å². The van der Waals surface area contributed by atoms with Crippen molar-refractivity contribution in [1.29, 1.82) is 0 Å². The average Bonchev–Trinajstić information content (AvgIpc) is 3.15. The van der Waals surface area contributed by atoms with Crippen LogP contribution in [0.2, 0.25) is 10.0 Å². The van der Waals surface area contributed by atoms with E-state index in [0.717, 1.165) is 0 Å². The molecule has 132 valence electrons. The maximum atomic E-state index is 12.7. The van der Waals surface area contributed by atoms with E-state index in [4.69, 9.17) is 23.2 Å². The zero-order chi connectivity index (χ0) is 18.7. The van der Waals surface area contributed by atoms with Gasteiger partial charge < -0.3 is 10.1 Å². The molecule has 0 atom stereocenters. The molecule has 0 spiro atoms. The van der Waals surface area contributed by atoms with Crippen molar-refractivity contribution < 1.29 is 14.3 Å². The first kappa shape index (κ1) is 17.9. The van der Waals surface area contributed by atoms with Gasteiger partial charge in [0.1, 0.15) is 12.7 Å². The van der Waals surface area contributed by atoms with Crippen LogP contribution in [0.4, 0.5) is 5.69 Å². The van der Waals surface area contributed by atoms with Crippen molar-refractivity contribution >= 4 is 40.8 Å². The van der Waals surface area contributed by atoms with Gasteiger partial charge in [-0.2, -0.15) is 5.10 Å². The average molecular weight is 391 g/mol. The molecule has 9 heteroatoms. The Kier molecular flexibility index (Phi) is 5.20. The lowest BCUT2D eigenvalue weighted by Crippen LogP contribution is -2.16. The van der Waals surface area contributed by atoms with Crippen LogP contribution in [0.15, 0.2) is 49.1 Å². The minimum absolute atomic E-state index is 0.158. The summed E-state index contributed by atoms with van der Waals surface area (Å²) in [6.07, 6.45) is 2.82. The predicted molar refractivity (Wildman–Crippen MR) is 97.1 cm³/mol. The van der Waals surface area contributed by atoms with Crippen LogP contribution in [0.5, 0.6) is 0 Å².